The molecule has 4 aliphatic carbocycles. The lowest BCUT2D eigenvalue weighted by Crippen LogP contribution is -2.51. The number of carboxylic acids is 1. The number of hydrogen-bond donors (Lipinski definition) is 3. The number of alkyl halides is 3. The SMILES string of the molecule is COc1cccc(OCCC[NH3+])c1-c1cc(NC(=O)C23CC4CC(CC(C4)C2)C3)n[nH]1.O=C([O-])C(F)(F)F. The van der Waals surface area contributed by atoms with Crippen molar-refractivity contribution >= 4 is 17.7 Å². The Bertz CT molecular complexity index is 1110. The predicted octanol–water partition coefficient (Wildman–Crippen LogP) is 2.55. The molecule has 9 nitrogen and oxygen atoms in total. The van der Waals surface area contributed by atoms with E-state index in [0.29, 0.717) is 18.2 Å². The third-order valence-corrected chi connectivity index (χ3v) is 7.70. The van der Waals surface area contributed by atoms with Crippen LogP contribution < -0.4 is 25.6 Å². The Morgan fingerprint density at radius 1 is 1.16 bits per heavy atom. The summed E-state index contributed by atoms with van der Waals surface area (Å²) in [6, 6.07) is 7.62. The van der Waals surface area contributed by atoms with Crippen molar-refractivity contribution in [2.45, 2.75) is 51.1 Å². The van der Waals surface area contributed by atoms with E-state index >= 15 is 0 Å². The van der Waals surface area contributed by atoms with Crippen LogP contribution in [-0.2, 0) is 9.59 Å². The van der Waals surface area contributed by atoms with E-state index in [9.17, 15) is 18.0 Å². The monoisotopic (exact) mass is 538 g/mol. The number of aliphatic carboxylic acids is 1. The lowest BCUT2D eigenvalue weighted by molar-refractivity contribution is -0.368. The third-order valence-electron chi connectivity index (χ3n) is 7.70. The largest absolute Gasteiger partial charge is 0.542 e. The Hall–Kier alpha value is -3.28. The Labute approximate surface area is 218 Å². The topological polar surface area (TPSA) is 144 Å². The zero-order valence-corrected chi connectivity index (χ0v) is 21.2. The first-order valence-electron chi connectivity index (χ1n) is 12.8. The van der Waals surface area contributed by atoms with Crippen LogP contribution in [0.2, 0.25) is 0 Å². The van der Waals surface area contributed by atoms with E-state index in [0.717, 1.165) is 67.0 Å². The second-order valence-corrected chi connectivity index (χ2v) is 10.5. The summed E-state index contributed by atoms with van der Waals surface area (Å²) in [6.45, 7) is 1.41. The number of carboxylic acid groups (broad SMARTS) is 1. The van der Waals surface area contributed by atoms with Crippen molar-refractivity contribution < 1.29 is 43.1 Å². The van der Waals surface area contributed by atoms with Gasteiger partial charge in [-0.3, -0.25) is 9.89 Å². The van der Waals surface area contributed by atoms with Crippen molar-refractivity contribution in [2.75, 3.05) is 25.6 Å². The number of carbonyl (C=O) groups excluding carboxylic acids is 2. The molecular weight excluding hydrogens is 505 g/mol. The van der Waals surface area contributed by atoms with Crippen LogP contribution in [0.1, 0.15) is 44.9 Å². The molecule has 1 heterocycles. The van der Waals surface area contributed by atoms with Gasteiger partial charge in [0.1, 0.15) is 17.5 Å². The highest BCUT2D eigenvalue weighted by molar-refractivity contribution is 5.95. The molecular formula is C26H33F3N4O5. The minimum Gasteiger partial charge on any atom is -0.542 e. The first kappa shape index (κ1) is 27.7. The van der Waals surface area contributed by atoms with Crippen molar-refractivity contribution in [3.05, 3.63) is 24.3 Å². The Morgan fingerprint density at radius 3 is 2.26 bits per heavy atom. The lowest BCUT2D eigenvalue weighted by atomic mass is 9.49. The van der Waals surface area contributed by atoms with Crippen LogP contribution in [0.5, 0.6) is 11.5 Å². The van der Waals surface area contributed by atoms with Gasteiger partial charge in [-0.05, 0) is 68.4 Å². The van der Waals surface area contributed by atoms with Gasteiger partial charge in [0.2, 0.25) is 5.91 Å². The average Bonchev–Trinajstić information content (AvgIpc) is 3.31. The normalized spacial score (nSPS) is 25.3. The molecule has 1 aromatic carbocycles. The number of rotatable bonds is 8. The van der Waals surface area contributed by atoms with E-state index < -0.39 is 12.1 Å². The number of quaternary nitrogens is 1. The third kappa shape index (κ3) is 6.06. The predicted molar refractivity (Wildman–Crippen MR) is 129 cm³/mol. The van der Waals surface area contributed by atoms with Crippen molar-refractivity contribution in [1.82, 2.24) is 10.2 Å². The molecule has 5 N–H and O–H groups in total. The maximum Gasteiger partial charge on any atom is 0.430 e. The van der Waals surface area contributed by atoms with Crippen LogP contribution in [0.4, 0.5) is 19.0 Å². The smallest absolute Gasteiger partial charge is 0.430 e. The summed E-state index contributed by atoms with van der Waals surface area (Å²) < 4.78 is 43.1. The maximum atomic E-state index is 13.4. The van der Waals surface area contributed by atoms with Crippen LogP contribution >= 0.6 is 0 Å². The van der Waals surface area contributed by atoms with Gasteiger partial charge in [-0.25, -0.2) is 0 Å². The van der Waals surface area contributed by atoms with Crippen LogP contribution in [0.3, 0.4) is 0 Å². The molecule has 0 unspecified atom stereocenters. The van der Waals surface area contributed by atoms with Crippen molar-refractivity contribution in [2.24, 2.45) is 23.2 Å². The number of nitrogens with one attached hydrogen (secondary N) is 2. The van der Waals surface area contributed by atoms with Crippen LogP contribution in [0, 0.1) is 23.2 Å². The maximum absolute atomic E-state index is 13.4. The molecule has 4 fully saturated rings. The molecule has 12 heteroatoms. The number of ether oxygens (including phenoxy) is 2. The van der Waals surface area contributed by atoms with E-state index in [1.165, 1.54) is 19.3 Å². The fourth-order valence-corrected chi connectivity index (χ4v) is 6.50. The Kier molecular flexibility index (Phi) is 8.19. The highest BCUT2D eigenvalue weighted by Gasteiger charge is 2.54. The molecule has 38 heavy (non-hydrogen) atoms. The van der Waals surface area contributed by atoms with Gasteiger partial charge in [-0.2, -0.15) is 18.3 Å². The molecule has 208 valence electrons. The summed E-state index contributed by atoms with van der Waals surface area (Å²) in [4.78, 5) is 22.1. The zero-order valence-electron chi connectivity index (χ0n) is 21.2. The lowest BCUT2D eigenvalue weighted by Gasteiger charge is -2.55. The summed E-state index contributed by atoms with van der Waals surface area (Å²) in [5, 5.41) is 19.4. The fourth-order valence-electron chi connectivity index (χ4n) is 6.50. The number of nitrogens with zero attached hydrogens (tertiary/aromatic N) is 1. The van der Waals surface area contributed by atoms with Crippen LogP contribution in [0.25, 0.3) is 11.3 Å². The fraction of sp³-hybridized carbons (Fsp3) is 0.577. The summed E-state index contributed by atoms with van der Waals surface area (Å²) in [5.74, 6) is 1.34. The molecule has 4 saturated carbocycles. The van der Waals surface area contributed by atoms with Crippen LogP contribution in [-0.4, -0.2) is 48.5 Å². The minimum atomic E-state index is -5.19. The van der Waals surface area contributed by atoms with Gasteiger partial charge >= 0.3 is 6.18 Å². The number of H-pyrrole nitrogens is 1. The number of amides is 1. The van der Waals surface area contributed by atoms with E-state index in [-0.39, 0.29) is 11.3 Å². The van der Waals surface area contributed by atoms with Crippen molar-refractivity contribution in [3.63, 3.8) is 0 Å². The van der Waals surface area contributed by atoms with E-state index in [1.807, 2.05) is 24.3 Å². The number of aromatic amines is 1. The molecule has 0 saturated heterocycles. The Morgan fingerprint density at radius 2 is 1.74 bits per heavy atom. The van der Waals surface area contributed by atoms with Gasteiger partial charge in [0.25, 0.3) is 0 Å². The molecule has 1 amide bonds. The first-order chi connectivity index (χ1) is 18.0. The highest BCUT2D eigenvalue weighted by atomic mass is 19.4. The molecule has 4 bridgehead atoms. The second-order valence-electron chi connectivity index (χ2n) is 10.5. The van der Waals surface area contributed by atoms with Gasteiger partial charge in [0.15, 0.2) is 5.82 Å². The second kappa shape index (κ2) is 11.2. The summed E-state index contributed by atoms with van der Waals surface area (Å²) in [7, 11) is 1.64. The van der Waals surface area contributed by atoms with E-state index in [2.05, 4.69) is 21.2 Å². The number of halogens is 3. The molecule has 0 atom stereocenters. The quantitative estimate of drug-likeness (QED) is 0.441. The minimum absolute atomic E-state index is 0.150. The van der Waals surface area contributed by atoms with Gasteiger partial charge < -0.3 is 30.4 Å². The van der Waals surface area contributed by atoms with Gasteiger partial charge in [-0.1, -0.05) is 6.07 Å². The molecule has 0 radical (unpaired) electrons. The zero-order chi connectivity index (χ0) is 27.5. The molecule has 2 aromatic rings. The number of anilines is 1. The average molecular weight is 539 g/mol. The summed E-state index contributed by atoms with van der Waals surface area (Å²) in [5.41, 5.74) is 5.26. The molecule has 4 aliphatic rings. The van der Waals surface area contributed by atoms with E-state index in [1.54, 1.807) is 7.11 Å². The van der Waals surface area contributed by atoms with Gasteiger partial charge in [0, 0.05) is 12.5 Å². The van der Waals surface area contributed by atoms with Crippen molar-refractivity contribution in [1.29, 1.82) is 0 Å². The summed E-state index contributed by atoms with van der Waals surface area (Å²) >= 11 is 0. The number of benzene rings is 1. The molecule has 0 aliphatic heterocycles. The van der Waals surface area contributed by atoms with Gasteiger partial charge in [-0.15, -0.1) is 0 Å². The first-order valence-corrected chi connectivity index (χ1v) is 12.8. The molecule has 1 aromatic heterocycles. The Balaban J connectivity index is 0.000000426. The molecule has 0 spiro atoms. The van der Waals surface area contributed by atoms with Gasteiger partial charge in [0.05, 0.1) is 36.9 Å². The number of methoxy groups -OCH3 is 1. The number of carbonyl (C=O) groups is 2. The molecule has 6 rings (SSSR count). The van der Waals surface area contributed by atoms with Crippen LogP contribution in [0.15, 0.2) is 24.3 Å². The number of aromatic nitrogens is 2. The van der Waals surface area contributed by atoms with E-state index in [4.69, 9.17) is 19.4 Å². The highest BCUT2D eigenvalue weighted by Crippen LogP contribution is 2.60. The standard InChI is InChI=1S/C24H32N4O3.C2HF3O2/c1-30-19-4-2-5-20(31-7-3-6-25)22(19)18-11-21(28-27-18)26-23(29)24-12-15-8-16(13-24)10-17(9-15)14-24;3-2(4,5)1(6)7/h2,4-5,11,15-17H,3,6-10,12-14,25H2,1H3,(H2,26,27,28,29);(H,6,7). The number of hydrogen-bond acceptors (Lipinski definition) is 6. The van der Waals surface area contributed by atoms with Crippen molar-refractivity contribution in [3.8, 4) is 22.8 Å². The summed E-state index contributed by atoms with van der Waals surface area (Å²) in [6.07, 6.45) is 2.78.